The summed E-state index contributed by atoms with van der Waals surface area (Å²) < 4.78 is 0. The highest BCUT2D eigenvalue weighted by Crippen LogP contribution is 2.25. The van der Waals surface area contributed by atoms with E-state index in [0.29, 0.717) is 17.8 Å². The lowest BCUT2D eigenvalue weighted by Gasteiger charge is -2.13. The maximum atomic E-state index is 9.28. The molecule has 0 amide bonds. The van der Waals surface area contributed by atoms with Gasteiger partial charge in [0, 0.05) is 12.1 Å². The number of benzene rings is 1. The van der Waals surface area contributed by atoms with Gasteiger partial charge in [-0.15, -0.1) is 0 Å². The summed E-state index contributed by atoms with van der Waals surface area (Å²) in [6.45, 7) is 2.13. The number of hydrogen-bond donors (Lipinski definition) is 2. The number of phenolic OH excluding ortho intramolecular Hbond substituents is 1. The molecule has 1 aromatic rings. The summed E-state index contributed by atoms with van der Waals surface area (Å²) in [6.07, 6.45) is 2.59. The minimum absolute atomic E-state index is 0.347. The first-order chi connectivity index (χ1) is 6.25. The lowest BCUT2D eigenvalue weighted by Crippen LogP contribution is -2.20. The average molecular weight is 177 g/mol. The number of aromatic hydroxyl groups is 1. The van der Waals surface area contributed by atoms with Crippen molar-refractivity contribution in [2.75, 3.05) is 0 Å². The normalized spacial score (nSPS) is 18.5. The van der Waals surface area contributed by atoms with Gasteiger partial charge in [0.2, 0.25) is 0 Å². The van der Waals surface area contributed by atoms with Gasteiger partial charge in [-0.2, -0.15) is 0 Å². The van der Waals surface area contributed by atoms with E-state index in [4.69, 9.17) is 0 Å². The van der Waals surface area contributed by atoms with E-state index < -0.39 is 0 Å². The lowest BCUT2D eigenvalue weighted by molar-refractivity contribution is 0.472. The molecule has 1 aromatic carbocycles. The van der Waals surface area contributed by atoms with E-state index >= 15 is 0 Å². The average Bonchev–Trinajstić information content (AvgIpc) is 2.88. The Morgan fingerprint density at radius 2 is 2.23 bits per heavy atom. The van der Waals surface area contributed by atoms with Crippen molar-refractivity contribution in [3.63, 3.8) is 0 Å². The first-order valence-electron chi connectivity index (χ1n) is 4.80. The lowest BCUT2D eigenvalue weighted by atomic mass is 10.1. The molecule has 0 radical (unpaired) electrons. The van der Waals surface area contributed by atoms with E-state index in [1.54, 1.807) is 6.07 Å². The SMILES string of the molecule is CC(NC1CC1)c1cccc(O)c1. The number of hydrogen-bond acceptors (Lipinski definition) is 2. The first kappa shape index (κ1) is 8.57. The molecule has 1 aliphatic rings. The van der Waals surface area contributed by atoms with Crippen LogP contribution in [-0.4, -0.2) is 11.1 Å². The van der Waals surface area contributed by atoms with Crippen molar-refractivity contribution in [3.8, 4) is 5.75 Å². The van der Waals surface area contributed by atoms with Crippen LogP contribution in [0.1, 0.15) is 31.4 Å². The third kappa shape index (κ3) is 2.22. The van der Waals surface area contributed by atoms with Gasteiger partial charge in [-0.1, -0.05) is 12.1 Å². The van der Waals surface area contributed by atoms with Gasteiger partial charge in [-0.25, -0.2) is 0 Å². The van der Waals surface area contributed by atoms with Crippen LogP contribution >= 0.6 is 0 Å². The Morgan fingerprint density at radius 3 is 2.85 bits per heavy atom. The van der Waals surface area contributed by atoms with E-state index in [0.717, 1.165) is 5.56 Å². The minimum Gasteiger partial charge on any atom is -0.508 e. The standard InChI is InChI=1S/C11H15NO/c1-8(12-10-5-6-10)9-3-2-4-11(13)7-9/h2-4,7-8,10,12-13H,5-6H2,1H3. The number of rotatable bonds is 3. The third-order valence-corrected chi connectivity index (χ3v) is 2.43. The summed E-state index contributed by atoms with van der Waals surface area (Å²) >= 11 is 0. The zero-order valence-corrected chi connectivity index (χ0v) is 7.83. The maximum Gasteiger partial charge on any atom is 0.115 e. The minimum atomic E-state index is 0.347. The van der Waals surface area contributed by atoms with E-state index in [1.807, 2.05) is 18.2 Å². The van der Waals surface area contributed by atoms with Crippen LogP contribution in [0, 0.1) is 0 Å². The quantitative estimate of drug-likeness (QED) is 0.742. The van der Waals surface area contributed by atoms with Gasteiger partial charge in [0.1, 0.15) is 5.75 Å². The molecule has 13 heavy (non-hydrogen) atoms. The van der Waals surface area contributed by atoms with Gasteiger partial charge in [0.05, 0.1) is 0 Å². The summed E-state index contributed by atoms with van der Waals surface area (Å²) in [5.41, 5.74) is 1.16. The van der Waals surface area contributed by atoms with Crippen LogP contribution in [0.25, 0.3) is 0 Å². The highest BCUT2D eigenvalue weighted by molar-refractivity contribution is 5.29. The molecular weight excluding hydrogens is 162 g/mol. The second-order valence-corrected chi connectivity index (χ2v) is 3.76. The molecule has 0 aromatic heterocycles. The fourth-order valence-electron chi connectivity index (χ4n) is 1.49. The Bertz CT molecular complexity index is 294. The topological polar surface area (TPSA) is 32.3 Å². The van der Waals surface area contributed by atoms with Gasteiger partial charge < -0.3 is 10.4 Å². The Hall–Kier alpha value is -1.02. The van der Waals surface area contributed by atoms with Crippen molar-refractivity contribution in [1.82, 2.24) is 5.32 Å². The summed E-state index contributed by atoms with van der Waals surface area (Å²) in [6, 6.07) is 8.50. The third-order valence-electron chi connectivity index (χ3n) is 2.43. The Kier molecular flexibility index (Phi) is 2.23. The molecule has 2 heteroatoms. The number of nitrogens with one attached hydrogen (secondary N) is 1. The van der Waals surface area contributed by atoms with Gasteiger partial charge in [-0.05, 0) is 37.5 Å². The first-order valence-corrected chi connectivity index (χ1v) is 4.80. The zero-order chi connectivity index (χ0) is 9.26. The van der Waals surface area contributed by atoms with Crippen LogP contribution < -0.4 is 5.32 Å². The molecule has 1 atom stereocenters. The van der Waals surface area contributed by atoms with Gasteiger partial charge >= 0.3 is 0 Å². The highest BCUT2D eigenvalue weighted by atomic mass is 16.3. The maximum absolute atomic E-state index is 9.28. The van der Waals surface area contributed by atoms with E-state index in [9.17, 15) is 5.11 Å². The Labute approximate surface area is 78.6 Å². The van der Waals surface area contributed by atoms with E-state index in [1.165, 1.54) is 12.8 Å². The van der Waals surface area contributed by atoms with Crippen LogP contribution in [0.15, 0.2) is 24.3 Å². The van der Waals surface area contributed by atoms with E-state index in [-0.39, 0.29) is 0 Å². The van der Waals surface area contributed by atoms with Crippen LogP contribution in [0.2, 0.25) is 0 Å². The molecule has 0 bridgehead atoms. The van der Waals surface area contributed by atoms with Crippen molar-refractivity contribution < 1.29 is 5.11 Å². The molecule has 1 aliphatic carbocycles. The van der Waals surface area contributed by atoms with Crippen LogP contribution in [0.4, 0.5) is 0 Å². The number of phenols is 1. The molecule has 0 spiro atoms. The van der Waals surface area contributed by atoms with Crippen molar-refractivity contribution in [2.24, 2.45) is 0 Å². The predicted octanol–water partition coefficient (Wildman–Crippen LogP) is 2.21. The molecular formula is C11H15NO. The Balaban J connectivity index is 2.04. The predicted molar refractivity (Wildman–Crippen MR) is 52.7 cm³/mol. The summed E-state index contributed by atoms with van der Waals surface area (Å²) in [4.78, 5) is 0. The fraction of sp³-hybridized carbons (Fsp3) is 0.455. The summed E-state index contributed by atoms with van der Waals surface area (Å²) in [5.74, 6) is 0.349. The smallest absolute Gasteiger partial charge is 0.115 e. The molecule has 1 saturated carbocycles. The van der Waals surface area contributed by atoms with Gasteiger partial charge in [0.15, 0.2) is 0 Å². The largest absolute Gasteiger partial charge is 0.508 e. The molecule has 1 unspecified atom stereocenters. The van der Waals surface area contributed by atoms with Crippen molar-refractivity contribution in [3.05, 3.63) is 29.8 Å². The second kappa shape index (κ2) is 3.38. The fourth-order valence-corrected chi connectivity index (χ4v) is 1.49. The van der Waals surface area contributed by atoms with Crippen LogP contribution in [-0.2, 0) is 0 Å². The van der Waals surface area contributed by atoms with Gasteiger partial charge in [0.25, 0.3) is 0 Å². The highest BCUT2D eigenvalue weighted by Gasteiger charge is 2.23. The second-order valence-electron chi connectivity index (χ2n) is 3.76. The monoisotopic (exact) mass is 177 g/mol. The molecule has 0 aliphatic heterocycles. The summed E-state index contributed by atoms with van der Waals surface area (Å²) in [7, 11) is 0. The molecule has 2 rings (SSSR count). The van der Waals surface area contributed by atoms with Gasteiger partial charge in [-0.3, -0.25) is 0 Å². The Morgan fingerprint density at radius 1 is 1.46 bits per heavy atom. The van der Waals surface area contributed by atoms with Crippen molar-refractivity contribution >= 4 is 0 Å². The summed E-state index contributed by atoms with van der Waals surface area (Å²) in [5, 5.41) is 12.8. The molecule has 1 fully saturated rings. The molecule has 70 valence electrons. The molecule has 0 heterocycles. The van der Waals surface area contributed by atoms with E-state index in [2.05, 4.69) is 12.2 Å². The van der Waals surface area contributed by atoms with Crippen molar-refractivity contribution in [1.29, 1.82) is 0 Å². The van der Waals surface area contributed by atoms with Crippen LogP contribution in [0.3, 0.4) is 0 Å². The molecule has 2 nitrogen and oxygen atoms in total. The zero-order valence-electron chi connectivity index (χ0n) is 7.83. The van der Waals surface area contributed by atoms with Crippen LogP contribution in [0.5, 0.6) is 5.75 Å². The van der Waals surface area contributed by atoms with Crippen molar-refractivity contribution in [2.45, 2.75) is 31.8 Å². The molecule has 2 N–H and O–H groups in total. The molecule has 0 saturated heterocycles.